The fourth-order valence-electron chi connectivity index (χ4n) is 2.40. The Morgan fingerprint density at radius 3 is 2.19 bits per heavy atom. The minimum Gasteiger partial charge on any atom is -0.506 e. The first kappa shape index (κ1) is 18.2. The highest BCUT2D eigenvalue weighted by Gasteiger charge is 2.16. The summed E-state index contributed by atoms with van der Waals surface area (Å²) in [5, 5.41) is 13.0. The molecule has 1 amide bonds. The number of phenolic OH excluding ortho intramolecular Hbond substituents is 1. The fourth-order valence-corrected chi connectivity index (χ4v) is 3.21. The zero-order valence-electron chi connectivity index (χ0n) is 13.4. The molecule has 0 aromatic heterocycles. The Morgan fingerprint density at radius 1 is 0.923 bits per heavy atom. The summed E-state index contributed by atoms with van der Waals surface area (Å²) in [5.41, 5.74) is 1.66. The summed E-state index contributed by atoms with van der Waals surface area (Å²) in [4.78, 5) is 24.7. The summed E-state index contributed by atoms with van der Waals surface area (Å²) in [5.74, 6) is -0.796. The van der Waals surface area contributed by atoms with Gasteiger partial charge < -0.3 is 10.4 Å². The zero-order chi connectivity index (χ0) is 18.7. The number of amides is 1. The predicted octanol–water partition coefficient (Wildman–Crippen LogP) is 5.29. The van der Waals surface area contributed by atoms with Gasteiger partial charge in [-0.3, -0.25) is 9.59 Å². The Hall–Kier alpha value is -2.63. The van der Waals surface area contributed by atoms with E-state index >= 15 is 0 Å². The van der Waals surface area contributed by atoms with E-state index in [-0.39, 0.29) is 17.1 Å². The van der Waals surface area contributed by atoms with Gasteiger partial charge in [0.1, 0.15) is 5.75 Å². The molecule has 0 bridgehead atoms. The monoisotopic (exact) mass is 429 g/mol. The minimum atomic E-state index is -0.507. The van der Waals surface area contributed by atoms with Crippen molar-refractivity contribution in [3.63, 3.8) is 0 Å². The molecule has 0 saturated heterocycles. The number of anilines is 1. The largest absolute Gasteiger partial charge is 0.506 e. The van der Waals surface area contributed by atoms with Crippen LogP contribution in [0.25, 0.3) is 0 Å². The number of hydrogen-bond donors (Lipinski definition) is 2. The van der Waals surface area contributed by atoms with Gasteiger partial charge >= 0.3 is 0 Å². The van der Waals surface area contributed by atoms with Crippen molar-refractivity contribution in [2.24, 2.45) is 0 Å². The highest BCUT2D eigenvalue weighted by atomic mass is 79.9. The average molecular weight is 431 g/mol. The SMILES string of the molecule is O=C(c1ccccc1)c1ccc(NC(=O)c2cc(Cl)cc(Br)c2O)cc1. The molecule has 3 aromatic rings. The number of benzene rings is 3. The van der Waals surface area contributed by atoms with Crippen molar-refractivity contribution in [3.05, 3.63) is 92.9 Å². The predicted molar refractivity (Wildman–Crippen MR) is 105 cm³/mol. The second-order valence-electron chi connectivity index (χ2n) is 5.51. The van der Waals surface area contributed by atoms with Crippen molar-refractivity contribution in [1.29, 1.82) is 0 Å². The number of halogens is 2. The number of carbonyl (C=O) groups excluding carboxylic acids is 2. The van der Waals surface area contributed by atoms with Crippen LogP contribution in [0.5, 0.6) is 5.75 Å². The molecule has 0 unspecified atom stereocenters. The summed E-state index contributed by atoms with van der Waals surface area (Å²) in [6.45, 7) is 0. The van der Waals surface area contributed by atoms with E-state index in [0.29, 0.717) is 26.3 Å². The number of ketones is 1. The molecule has 0 spiro atoms. The minimum absolute atomic E-state index is 0.0498. The summed E-state index contributed by atoms with van der Waals surface area (Å²) in [6, 6.07) is 18.4. The molecular formula is C20H13BrClNO3. The van der Waals surface area contributed by atoms with Crippen molar-refractivity contribution in [2.45, 2.75) is 0 Å². The number of hydrogen-bond acceptors (Lipinski definition) is 3. The van der Waals surface area contributed by atoms with E-state index in [9.17, 15) is 14.7 Å². The van der Waals surface area contributed by atoms with Gasteiger partial charge in [0.2, 0.25) is 0 Å². The lowest BCUT2D eigenvalue weighted by atomic mass is 10.0. The second kappa shape index (κ2) is 7.72. The van der Waals surface area contributed by atoms with Crippen LogP contribution in [0.4, 0.5) is 5.69 Å². The van der Waals surface area contributed by atoms with Crippen LogP contribution in [0.2, 0.25) is 5.02 Å². The maximum absolute atomic E-state index is 12.4. The Bertz CT molecular complexity index is 972. The van der Waals surface area contributed by atoms with Gasteiger partial charge in [-0.2, -0.15) is 0 Å². The number of carbonyl (C=O) groups is 2. The topological polar surface area (TPSA) is 66.4 Å². The Morgan fingerprint density at radius 2 is 1.54 bits per heavy atom. The summed E-state index contributed by atoms with van der Waals surface area (Å²) < 4.78 is 0.332. The summed E-state index contributed by atoms with van der Waals surface area (Å²) >= 11 is 9.07. The standard InChI is InChI=1S/C20H13BrClNO3/c21-17-11-14(22)10-16(19(17)25)20(26)23-15-8-6-13(7-9-15)18(24)12-4-2-1-3-5-12/h1-11,25H,(H,23,26). The fraction of sp³-hybridized carbons (Fsp3) is 0. The third-order valence-corrected chi connectivity index (χ3v) is 4.54. The van der Waals surface area contributed by atoms with Gasteiger partial charge in [-0.05, 0) is 52.3 Å². The highest BCUT2D eigenvalue weighted by Crippen LogP contribution is 2.32. The van der Waals surface area contributed by atoms with E-state index < -0.39 is 5.91 Å². The molecule has 3 aromatic carbocycles. The Labute approximate surface area is 163 Å². The third-order valence-electron chi connectivity index (χ3n) is 3.71. The van der Waals surface area contributed by atoms with E-state index in [1.807, 2.05) is 6.07 Å². The molecule has 0 saturated carbocycles. The average Bonchev–Trinajstić information content (AvgIpc) is 2.65. The molecule has 0 aliphatic rings. The van der Waals surface area contributed by atoms with E-state index in [2.05, 4.69) is 21.2 Å². The molecular weight excluding hydrogens is 418 g/mol. The number of nitrogens with one attached hydrogen (secondary N) is 1. The lowest BCUT2D eigenvalue weighted by Crippen LogP contribution is -2.12. The van der Waals surface area contributed by atoms with Gasteiger partial charge in [-0.15, -0.1) is 0 Å². The molecule has 0 atom stereocenters. The van der Waals surface area contributed by atoms with Crippen molar-refractivity contribution in [1.82, 2.24) is 0 Å². The molecule has 0 fully saturated rings. The van der Waals surface area contributed by atoms with Gasteiger partial charge in [0.05, 0.1) is 10.0 Å². The van der Waals surface area contributed by atoms with Crippen molar-refractivity contribution >= 4 is 44.9 Å². The Balaban J connectivity index is 1.78. The van der Waals surface area contributed by atoms with E-state index in [1.54, 1.807) is 48.5 Å². The molecule has 6 heteroatoms. The van der Waals surface area contributed by atoms with Crippen molar-refractivity contribution in [2.75, 3.05) is 5.32 Å². The number of phenols is 1. The van der Waals surface area contributed by atoms with Crippen molar-refractivity contribution < 1.29 is 14.7 Å². The van der Waals surface area contributed by atoms with E-state index in [0.717, 1.165) is 0 Å². The molecule has 2 N–H and O–H groups in total. The molecule has 0 heterocycles. The molecule has 130 valence electrons. The van der Waals surface area contributed by atoms with Gasteiger partial charge in [0.15, 0.2) is 5.78 Å². The molecule has 0 aliphatic carbocycles. The van der Waals surface area contributed by atoms with Crippen LogP contribution >= 0.6 is 27.5 Å². The van der Waals surface area contributed by atoms with Crippen LogP contribution in [-0.4, -0.2) is 16.8 Å². The number of rotatable bonds is 4. The zero-order valence-corrected chi connectivity index (χ0v) is 15.7. The third kappa shape index (κ3) is 3.95. The molecule has 26 heavy (non-hydrogen) atoms. The lowest BCUT2D eigenvalue weighted by Gasteiger charge is -2.09. The van der Waals surface area contributed by atoms with E-state index in [1.165, 1.54) is 12.1 Å². The maximum atomic E-state index is 12.4. The molecule has 0 radical (unpaired) electrons. The smallest absolute Gasteiger partial charge is 0.259 e. The summed E-state index contributed by atoms with van der Waals surface area (Å²) in [7, 11) is 0. The van der Waals surface area contributed by atoms with Crippen LogP contribution in [0.3, 0.4) is 0 Å². The molecule has 4 nitrogen and oxygen atoms in total. The normalized spacial score (nSPS) is 10.4. The number of aromatic hydroxyl groups is 1. The van der Waals surface area contributed by atoms with Gasteiger partial charge in [0.25, 0.3) is 5.91 Å². The van der Waals surface area contributed by atoms with Crippen LogP contribution < -0.4 is 5.32 Å². The first-order chi connectivity index (χ1) is 12.5. The highest BCUT2D eigenvalue weighted by molar-refractivity contribution is 9.10. The van der Waals surface area contributed by atoms with Gasteiger partial charge in [0, 0.05) is 21.8 Å². The Kier molecular flexibility index (Phi) is 5.40. The molecule has 0 aliphatic heterocycles. The lowest BCUT2D eigenvalue weighted by molar-refractivity contribution is 0.102. The van der Waals surface area contributed by atoms with Crippen molar-refractivity contribution in [3.8, 4) is 5.75 Å². The van der Waals surface area contributed by atoms with Crippen LogP contribution in [0, 0.1) is 0 Å². The van der Waals surface area contributed by atoms with Gasteiger partial charge in [-0.1, -0.05) is 41.9 Å². The van der Waals surface area contributed by atoms with Gasteiger partial charge in [-0.25, -0.2) is 0 Å². The van der Waals surface area contributed by atoms with Crippen LogP contribution in [0.15, 0.2) is 71.2 Å². The van der Waals surface area contributed by atoms with Crippen LogP contribution in [0.1, 0.15) is 26.3 Å². The first-order valence-electron chi connectivity index (χ1n) is 7.65. The maximum Gasteiger partial charge on any atom is 0.259 e. The first-order valence-corrected chi connectivity index (χ1v) is 8.82. The molecule has 3 rings (SSSR count). The second-order valence-corrected chi connectivity index (χ2v) is 6.80. The van der Waals surface area contributed by atoms with Crippen LogP contribution in [-0.2, 0) is 0 Å². The quantitative estimate of drug-likeness (QED) is 0.553. The van der Waals surface area contributed by atoms with E-state index in [4.69, 9.17) is 11.6 Å². The summed E-state index contributed by atoms with van der Waals surface area (Å²) in [6.07, 6.45) is 0.